The number of nitrogens with two attached hydrogens (primary N) is 3. The van der Waals surface area contributed by atoms with Gasteiger partial charge in [-0.2, -0.15) is 12.6 Å². The molecule has 0 heterocycles. The van der Waals surface area contributed by atoms with Gasteiger partial charge in [0.2, 0.25) is 0 Å². The summed E-state index contributed by atoms with van der Waals surface area (Å²) in [5.74, 6) is -4.28. The molecule has 0 aromatic carbocycles. The number of aliphatic carboxylic acids is 4. The summed E-state index contributed by atoms with van der Waals surface area (Å²) in [5.41, 5.74) is 14.6. The van der Waals surface area contributed by atoms with Crippen molar-refractivity contribution in [3.05, 3.63) is 0 Å². The number of hydrogen-bond donors (Lipinski definition) is 8. The van der Waals surface area contributed by atoms with E-state index in [0.717, 1.165) is 0 Å². The van der Waals surface area contributed by atoms with Crippen LogP contribution in [0.1, 0.15) is 13.3 Å². The Morgan fingerprint density at radius 1 is 0.864 bits per heavy atom. The van der Waals surface area contributed by atoms with Crippen molar-refractivity contribution in [2.75, 3.05) is 5.75 Å². The molecule has 11 nitrogen and oxygen atoms in total. The van der Waals surface area contributed by atoms with Crippen LogP contribution in [0.15, 0.2) is 0 Å². The molecule has 0 amide bonds. The minimum absolute atomic E-state index is 0.190. The normalized spacial score (nSPS) is 13.1. The van der Waals surface area contributed by atoms with Crippen molar-refractivity contribution < 1.29 is 39.6 Å². The second-order valence-corrected chi connectivity index (χ2v) is 4.16. The van der Waals surface area contributed by atoms with E-state index in [2.05, 4.69) is 12.6 Å². The van der Waals surface area contributed by atoms with Gasteiger partial charge in [0.15, 0.2) is 0 Å². The van der Waals surface area contributed by atoms with Crippen LogP contribution < -0.4 is 17.2 Å². The monoisotopic (exact) mass is 343 g/mol. The van der Waals surface area contributed by atoms with Gasteiger partial charge in [-0.1, -0.05) is 0 Å². The predicted octanol–water partition coefficient (Wildman–Crippen LogP) is -2.38. The molecule has 0 aliphatic rings. The second kappa shape index (κ2) is 14.1. The molecule has 12 heteroatoms. The first-order valence-electron chi connectivity index (χ1n) is 5.64. The third-order valence-electron chi connectivity index (χ3n) is 1.62. The Morgan fingerprint density at radius 3 is 1.23 bits per heavy atom. The van der Waals surface area contributed by atoms with Crippen LogP contribution in [0.4, 0.5) is 0 Å². The van der Waals surface area contributed by atoms with E-state index in [1.165, 1.54) is 6.92 Å². The van der Waals surface area contributed by atoms with E-state index >= 15 is 0 Å². The van der Waals surface area contributed by atoms with Crippen LogP contribution in [0.5, 0.6) is 0 Å². The van der Waals surface area contributed by atoms with Gasteiger partial charge in [-0.15, -0.1) is 0 Å². The van der Waals surface area contributed by atoms with Crippen LogP contribution in [0.3, 0.4) is 0 Å². The van der Waals surface area contributed by atoms with Gasteiger partial charge in [0.1, 0.15) is 18.1 Å². The fourth-order valence-electron chi connectivity index (χ4n) is 0.354. The summed E-state index contributed by atoms with van der Waals surface area (Å²) in [7, 11) is 0. The number of hydrogen-bond acceptors (Lipinski definition) is 8. The lowest BCUT2D eigenvalue weighted by atomic mass is 10.2. The lowest BCUT2D eigenvalue weighted by Crippen LogP contribution is -2.32. The zero-order valence-corrected chi connectivity index (χ0v) is 12.6. The van der Waals surface area contributed by atoms with Crippen LogP contribution in [0.25, 0.3) is 0 Å². The fourth-order valence-corrected chi connectivity index (χ4v) is 0.510. The molecule has 0 spiro atoms. The largest absolute Gasteiger partial charge is 0.481 e. The van der Waals surface area contributed by atoms with Gasteiger partial charge in [0.25, 0.3) is 0 Å². The lowest BCUT2D eigenvalue weighted by Gasteiger charge is -1.99. The van der Waals surface area contributed by atoms with E-state index in [1.807, 2.05) is 0 Å². The van der Waals surface area contributed by atoms with Crippen molar-refractivity contribution >= 4 is 36.5 Å². The molecule has 22 heavy (non-hydrogen) atoms. The predicted molar refractivity (Wildman–Crippen MR) is 78.6 cm³/mol. The third kappa shape index (κ3) is 20.4. The van der Waals surface area contributed by atoms with Gasteiger partial charge >= 0.3 is 23.9 Å². The maximum absolute atomic E-state index is 9.85. The number of carboxylic acid groups (broad SMARTS) is 4. The van der Waals surface area contributed by atoms with E-state index in [0.29, 0.717) is 0 Å². The molecule has 0 fully saturated rings. The van der Waals surface area contributed by atoms with Gasteiger partial charge < -0.3 is 37.6 Å². The van der Waals surface area contributed by atoms with Crippen molar-refractivity contribution in [3.8, 4) is 0 Å². The molecule has 10 N–H and O–H groups in total. The molecule has 0 rings (SSSR count). The SMILES string of the molecule is CC(N)C(=O)O.NC(CC(=O)O)C(=O)O.NC(CS)C(=O)O. The Bertz CT molecular complexity index is 377. The van der Waals surface area contributed by atoms with E-state index in [-0.39, 0.29) is 5.75 Å². The van der Waals surface area contributed by atoms with Crippen molar-refractivity contribution in [1.29, 1.82) is 0 Å². The van der Waals surface area contributed by atoms with Crippen LogP contribution in [0.2, 0.25) is 0 Å². The smallest absolute Gasteiger partial charge is 0.321 e. The Kier molecular flexibility index (Phi) is 16.0. The highest BCUT2D eigenvalue weighted by Crippen LogP contribution is 1.86. The highest BCUT2D eigenvalue weighted by atomic mass is 32.1. The van der Waals surface area contributed by atoms with Gasteiger partial charge in [-0.05, 0) is 6.92 Å². The molecule has 0 saturated heterocycles. The molecule has 0 aliphatic carbocycles. The van der Waals surface area contributed by atoms with Gasteiger partial charge in [-0.25, -0.2) is 0 Å². The molecule has 0 aliphatic heterocycles. The van der Waals surface area contributed by atoms with Gasteiger partial charge in [-0.3, -0.25) is 19.2 Å². The molecule has 3 unspecified atom stereocenters. The summed E-state index contributed by atoms with van der Waals surface area (Å²) in [6.45, 7) is 1.42. The minimum Gasteiger partial charge on any atom is -0.481 e. The lowest BCUT2D eigenvalue weighted by molar-refractivity contribution is -0.144. The zero-order chi connectivity index (χ0) is 18.5. The molecular formula is C10H21N3O8S. The van der Waals surface area contributed by atoms with Crippen molar-refractivity contribution in [2.45, 2.75) is 31.5 Å². The van der Waals surface area contributed by atoms with Crippen molar-refractivity contribution in [1.82, 2.24) is 0 Å². The fraction of sp³-hybridized carbons (Fsp3) is 0.600. The molecule has 0 saturated carbocycles. The van der Waals surface area contributed by atoms with Crippen molar-refractivity contribution in [3.63, 3.8) is 0 Å². The summed E-state index contributed by atoms with van der Waals surface area (Å²) in [6.07, 6.45) is -0.532. The molecule has 130 valence electrons. The van der Waals surface area contributed by atoms with Gasteiger partial charge in [0, 0.05) is 5.75 Å². The topological polar surface area (TPSA) is 227 Å². The molecule has 0 aromatic heterocycles. The molecule has 3 atom stereocenters. The summed E-state index contributed by atoms with van der Waals surface area (Å²) in [6, 6.07) is -2.84. The average molecular weight is 343 g/mol. The Balaban J connectivity index is -0.000000252. The summed E-state index contributed by atoms with van der Waals surface area (Å²) < 4.78 is 0. The summed E-state index contributed by atoms with van der Waals surface area (Å²) in [4.78, 5) is 38.9. The number of thiol groups is 1. The third-order valence-corrected chi connectivity index (χ3v) is 2.01. The summed E-state index contributed by atoms with van der Waals surface area (Å²) >= 11 is 3.65. The maximum Gasteiger partial charge on any atom is 0.321 e. The van der Waals surface area contributed by atoms with Crippen LogP contribution in [-0.4, -0.2) is 68.2 Å². The highest BCUT2D eigenvalue weighted by Gasteiger charge is 2.14. The standard InChI is InChI=1S/C4H7NO4.C3H7NO2S.C3H7NO2/c5-2(4(8)9)1-3(6)7;4-2(1-7)3(5)6;1-2(4)3(5)6/h2H,1,5H2,(H,6,7)(H,8,9);2,7H,1,4H2,(H,5,6);2H,4H2,1H3,(H,5,6). The second-order valence-electron chi connectivity index (χ2n) is 3.80. The van der Waals surface area contributed by atoms with Crippen LogP contribution in [0, 0.1) is 0 Å². The Labute approximate surface area is 131 Å². The Morgan fingerprint density at radius 2 is 1.18 bits per heavy atom. The van der Waals surface area contributed by atoms with Crippen molar-refractivity contribution in [2.24, 2.45) is 17.2 Å². The van der Waals surface area contributed by atoms with E-state index in [1.54, 1.807) is 0 Å². The number of carboxylic acids is 4. The first-order valence-corrected chi connectivity index (χ1v) is 6.27. The number of rotatable bonds is 6. The molecule has 0 aromatic rings. The summed E-state index contributed by atoms with van der Waals surface area (Å²) in [5, 5.41) is 31.9. The number of carbonyl (C=O) groups is 4. The quantitative estimate of drug-likeness (QED) is 0.237. The molecule has 0 radical (unpaired) electrons. The maximum atomic E-state index is 9.85. The minimum atomic E-state index is -1.29. The van der Waals surface area contributed by atoms with Crippen LogP contribution >= 0.6 is 12.6 Å². The van der Waals surface area contributed by atoms with Gasteiger partial charge in [0.05, 0.1) is 6.42 Å². The van der Waals surface area contributed by atoms with E-state index in [4.69, 9.17) is 37.6 Å². The van der Waals surface area contributed by atoms with E-state index in [9.17, 15) is 19.2 Å². The highest BCUT2D eigenvalue weighted by molar-refractivity contribution is 7.80. The average Bonchev–Trinajstić information content (AvgIpc) is 2.37. The van der Waals surface area contributed by atoms with E-state index < -0.39 is 48.4 Å². The molecule has 0 bridgehead atoms. The zero-order valence-electron chi connectivity index (χ0n) is 11.7. The molecular weight excluding hydrogens is 322 g/mol. The van der Waals surface area contributed by atoms with Crippen LogP contribution in [-0.2, 0) is 19.2 Å². The Hall–Kier alpha value is -1.89. The first-order chi connectivity index (χ1) is 9.86. The first kappa shape index (κ1) is 25.1.